The molecule has 33 nitrogen and oxygen atoms in total. The number of hydrogen-bond acceptors (Lipinski definition) is 33. The van der Waals surface area contributed by atoms with Crippen LogP contribution in [0.15, 0.2) is 0 Å². The van der Waals surface area contributed by atoms with E-state index in [4.69, 9.17) is 75.8 Å². The van der Waals surface area contributed by atoms with Crippen LogP contribution in [0.4, 0.5) is 0 Å². The minimum atomic E-state index is -2.14. The summed E-state index contributed by atoms with van der Waals surface area (Å²) in [6.45, 7) is -6.20. The molecular formula is C42H66O33. The normalized spacial score (nSPS) is 57.3. The highest BCUT2D eigenvalue weighted by atomic mass is 16.8. The van der Waals surface area contributed by atoms with Crippen LogP contribution < -0.4 is 0 Å². The zero-order chi connectivity index (χ0) is 53.5. The van der Waals surface area contributed by atoms with E-state index in [0.717, 1.165) is 0 Å². The van der Waals surface area contributed by atoms with Crippen LogP contribution in [0.1, 0.15) is 0 Å². The maximum absolute atomic E-state index is 11.4. The van der Waals surface area contributed by atoms with Gasteiger partial charge in [0.1, 0.15) is 171 Å². The van der Waals surface area contributed by atoms with Crippen LogP contribution in [-0.2, 0) is 75.8 Å². The molecule has 75 heavy (non-hydrogen) atoms. The summed E-state index contributed by atoms with van der Waals surface area (Å²) in [4.78, 5) is 0. The van der Waals surface area contributed by atoms with E-state index in [0.29, 0.717) is 0 Å². The Morgan fingerprint density at radius 2 is 0.333 bits per heavy atom. The van der Waals surface area contributed by atoms with E-state index < -0.39 is 261 Å². The van der Waals surface area contributed by atoms with E-state index in [-0.39, 0.29) is 0 Å². The van der Waals surface area contributed by atoms with Crippen molar-refractivity contribution in [3.05, 3.63) is 0 Å². The van der Waals surface area contributed by atoms with Crippen molar-refractivity contribution in [3.8, 4) is 0 Å². The number of ether oxygens (including phenoxy) is 16. The quantitative estimate of drug-likeness (QED) is 0.105. The molecule has 33 heteroatoms. The van der Waals surface area contributed by atoms with Gasteiger partial charge in [0.2, 0.25) is 0 Å². The van der Waals surface area contributed by atoms with E-state index in [1.165, 1.54) is 0 Å². The van der Waals surface area contributed by atoms with Gasteiger partial charge < -0.3 is 163 Å². The summed E-state index contributed by atoms with van der Waals surface area (Å²) in [7, 11) is 0. The SMILES string of the molecule is OC[C@@H]1O[C@@H]2O[C@H]3[C@H]4O[C@H]4[C@@H](O[C@H]4[C@H](O)[C@@H](O)[C@@H](O[C@H]5[C@H]6O[C@H]6[C@@H](O[C@H]6[C@H](O)[C@@H](O)[C@@H](O[C@H]7[C@@H](O)[C@@H](O)[C@@H](O[C@H]8[C@H](O)[C@@H](O)[C@@H](O[C@H]1[C@H](O)[C@H]2O)O[C@H]8CO)O[C@@H]7CO)O[C@@H]6CO)O[C@@H]5CO)O[C@@H]4CO)O[C@@H]3CO. The molecule has 17 N–H and O–H groups in total. The lowest BCUT2D eigenvalue weighted by Crippen LogP contribution is -2.68. The molecule has 35 atom stereocenters. The van der Waals surface area contributed by atoms with E-state index in [1.807, 2.05) is 0 Å². The second kappa shape index (κ2) is 23.3. The average molecular weight is 1100 g/mol. The van der Waals surface area contributed by atoms with Gasteiger partial charge in [0, 0.05) is 0 Å². The molecule has 0 amide bonds. The molecule has 21 aliphatic heterocycles. The van der Waals surface area contributed by atoms with Crippen molar-refractivity contribution in [2.45, 2.75) is 215 Å². The maximum Gasteiger partial charge on any atom is 0.187 e. The zero-order valence-electron chi connectivity index (χ0n) is 39.3. The van der Waals surface area contributed by atoms with Crippen molar-refractivity contribution >= 4 is 0 Å². The second-order valence-corrected chi connectivity index (χ2v) is 19.8. The van der Waals surface area contributed by atoms with Crippen molar-refractivity contribution in [1.29, 1.82) is 0 Å². The van der Waals surface area contributed by atoms with Gasteiger partial charge in [0.25, 0.3) is 0 Å². The fraction of sp³-hybridized carbons (Fsp3) is 1.00. The summed E-state index contributed by atoms with van der Waals surface area (Å²) in [6, 6.07) is 0. The van der Waals surface area contributed by atoms with Gasteiger partial charge in [-0.05, 0) is 0 Å². The number of epoxide rings is 2. The van der Waals surface area contributed by atoms with Crippen molar-refractivity contribution in [1.82, 2.24) is 0 Å². The lowest BCUT2D eigenvalue weighted by atomic mass is 9.95. The summed E-state index contributed by atoms with van der Waals surface area (Å²) in [5.41, 5.74) is 0. The number of hydrogen-bond donors (Lipinski definition) is 17. The summed E-state index contributed by atoms with van der Waals surface area (Å²) in [5, 5.41) is 186. The van der Waals surface area contributed by atoms with Crippen LogP contribution in [0.5, 0.6) is 0 Å². The molecule has 21 heterocycles. The van der Waals surface area contributed by atoms with Crippen LogP contribution in [0.2, 0.25) is 0 Å². The molecule has 0 saturated carbocycles. The Morgan fingerprint density at radius 3 is 0.547 bits per heavy atom. The maximum atomic E-state index is 11.4. The van der Waals surface area contributed by atoms with Crippen molar-refractivity contribution in [2.75, 3.05) is 46.2 Å². The molecule has 21 fully saturated rings. The van der Waals surface area contributed by atoms with Crippen LogP contribution in [0.25, 0.3) is 0 Å². The van der Waals surface area contributed by atoms with Crippen LogP contribution >= 0.6 is 0 Å². The Kier molecular flexibility index (Phi) is 17.7. The van der Waals surface area contributed by atoms with Crippen LogP contribution in [-0.4, -0.2) is 348 Å². The highest BCUT2D eigenvalue weighted by Crippen LogP contribution is 2.45. The fourth-order valence-electron chi connectivity index (χ4n) is 10.9. The Morgan fingerprint density at radius 1 is 0.160 bits per heavy atom. The molecule has 432 valence electrons. The van der Waals surface area contributed by atoms with Gasteiger partial charge in [-0.2, -0.15) is 0 Å². The van der Waals surface area contributed by atoms with Gasteiger partial charge in [-0.25, -0.2) is 0 Å². The molecule has 14 bridgehead atoms. The third-order valence-corrected chi connectivity index (χ3v) is 15.2. The van der Waals surface area contributed by atoms with E-state index in [9.17, 15) is 86.8 Å². The Hall–Kier alpha value is -1.32. The molecule has 0 aromatic carbocycles. The molecule has 0 aromatic heterocycles. The average Bonchev–Trinajstić information content (AvgIpc) is 4.36. The highest BCUT2D eigenvalue weighted by Gasteiger charge is 2.65. The molecule has 0 spiro atoms. The summed E-state index contributed by atoms with van der Waals surface area (Å²) in [6.07, 6.45) is -58.2. The lowest BCUT2D eigenvalue weighted by molar-refractivity contribution is -0.392. The lowest BCUT2D eigenvalue weighted by Gasteiger charge is -2.49. The largest absolute Gasteiger partial charge is 0.394 e. The molecule has 21 saturated heterocycles. The van der Waals surface area contributed by atoms with E-state index >= 15 is 0 Å². The van der Waals surface area contributed by atoms with Crippen molar-refractivity contribution < 1.29 is 163 Å². The predicted octanol–water partition coefficient (Wildman–Crippen LogP) is -13.1. The first kappa shape index (κ1) is 56.9. The van der Waals surface area contributed by atoms with Gasteiger partial charge in [-0.15, -0.1) is 0 Å². The first-order valence-corrected chi connectivity index (χ1v) is 24.5. The summed E-state index contributed by atoms with van der Waals surface area (Å²) < 4.78 is 93.5. The smallest absolute Gasteiger partial charge is 0.187 e. The summed E-state index contributed by atoms with van der Waals surface area (Å²) >= 11 is 0. The summed E-state index contributed by atoms with van der Waals surface area (Å²) in [5.74, 6) is 0. The first-order valence-electron chi connectivity index (χ1n) is 24.5. The highest BCUT2D eigenvalue weighted by molar-refractivity contribution is 5.07. The zero-order valence-corrected chi connectivity index (χ0v) is 39.3. The molecule has 0 aliphatic carbocycles. The topological polar surface area (TPSA) is 498 Å². The van der Waals surface area contributed by atoms with E-state index in [1.54, 1.807) is 0 Å². The van der Waals surface area contributed by atoms with E-state index in [2.05, 4.69) is 0 Å². The molecule has 21 rings (SSSR count). The number of aliphatic hydroxyl groups excluding tert-OH is 17. The third kappa shape index (κ3) is 10.6. The third-order valence-electron chi connectivity index (χ3n) is 15.2. The minimum Gasteiger partial charge on any atom is -0.394 e. The van der Waals surface area contributed by atoms with Gasteiger partial charge in [-0.3, -0.25) is 0 Å². The Bertz CT molecular complexity index is 1860. The number of aliphatic hydroxyl groups is 17. The standard InChI is InChI=1S/C42H66O33/c43-1-8-25-15(50)21(56)37(61-8)71-27-10(3-45)63-39(23(58)17(27)52)74-30-13(6-48)66-42(35-32(30)67-35)73-29-12(5-47)64-40(24(59)19(29)54)75-31-14(7-49)65-41(34-33(31)68-34)72-28-11(4-46)62-38(22(57)18(28)53)70-26-9(2-44)60-36(69-25)20(55)16(26)51/h8-59H,1-7H2/t8-,9+,10-,11+,12+,13+,14+,15+,16-,17+,18+,19+,20+,21+,22+,23+,24+,25+,26+,27+,28+,29+,30+,31+,32+,33+,34+,35+,36+,37+,38+,39+,40+,41+,42+/m0/s1. The van der Waals surface area contributed by atoms with Gasteiger partial charge in [0.15, 0.2) is 44.0 Å². The Balaban J connectivity index is 0.908. The van der Waals surface area contributed by atoms with Crippen molar-refractivity contribution in [3.63, 3.8) is 0 Å². The second-order valence-electron chi connectivity index (χ2n) is 19.8. The molecule has 0 unspecified atom stereocenters. The van der Waals surface area contributed by atoms with Crippen molar-refractivity contribution in [2.24, 2.45) is 0 Å². The fourth-order valence-corrected chi connectivity index (χ4v) is 10.9. The van der Waals surface area contributed by atoms with Crippen LogP contribution in [0.3, 0.4) is 0 Å². The number of fused-ring (bicyclic) bond motifs is 2. The monoisotopic (exact) mass is 1100 g/mol. The molecule has 21 aliphatic rings. The van der Waals surface area contributed by atoms with Gasteiger partial charge in [-0.1, -0.05) is 0 Å². The van der Waals surface area contributed by atoms with Gasteiger partial charge in [0.05, 0.1) is 46.2 Å². The minimum absolute atomic E-state index is 0.778. The molecule has 0 aromatic rings. The Labute approximate surface area is 423 Å². The van der Waals surface area contributed by atoms with Crippen LogP contribution in [0, 0.1) is 0 Å². The first-order chi connectivity index (χ1) is 36.0. The number of rotatable bonds is 7. The molecule has 0 radical (unpaired) electrons. The predicted molar refractivity (Wildman–Crippen MR) is 222 cm³/mol. The van der Waals surface area contributed by atoms with Gasteiger partial charge >= 0.3 is 0 Å². The molecular weight excluding hydrogens is 1030 g/mol.